The van der Waals surface area contributed by atoms with Gasteiger partial charge in [0.15, 0.2) is 0 Å². The standard InChI is InChI=1S/C29H31NO6/c1-4-26(36-21(2)31)28(34-19-22-11-7-5-8-12-22)27(24-15-17-25(33-3)18-16-24)30-29(32)35-20-23-13-9-6-10-14-23/h4-18,26-28H,1,19-20H2,2-3H3,(H,30,32)/t26-,27-,28+/m1/s1. The zero-order valence-corrected chi connectivity index (χ0v) is 20.5. The third-order valence-electron chi connectivity index (χ3n) is 5.43. The Morgan fingerprint density at radius 1 is 0.889 bits per heavy atom. The van der Waals surface area contributed by atoms with Crippen LogP contribution in [0, 0.1) is 0 Å². The molecule has 0 aliphatic carbocycles. The summed E-state index contributed by atoms with van der Waals surface area (Å²) in [4.78, 5) is 24.7. The molecule has 3 rings (SSSR count). The first-order valence-electron chi connectivity index (χ1n) is 11.6. The Labute approximate surface area is 211 Å². The molecule has 0 bridgehead atoms. The van der Waals surface area contributed by atoms with Crippen LogP contribution in [0.25, 0.3) is 0 Å². The molecule has 0 fully saturated rings. The van der Waals surface area contributed by atoms with Gasteiger partial charge in [0.2, 0.25) is 0 Å². The zero-order valence-electron chi connectivity index (χ0n) is 20.5. The van der Waals surface area contributed by atoms with Crippen LogP contribution >= 0.6 is 0 Å². The van der Waals surface area contributed by atoms with Gasteiger partial charge >= 0.3 is 12.1 Å². The fourth-order valence-electron chi connectivity index (χ4n) is 3.65. The summed E-state index contributed by atoms with van der Waals surface area (Å²) in [6, 6.07) is 25.4. The predicted octanol–water partition coefficient (Wildman–Crippen LogP) is 5.37. The van der Waals surface area contributed by atoms with Gasteiger partial charge in [-0.1, -0.05) is 79.4 Å². The third-order valence-corrected chi connectivity index (χ3v) is 5.43. The molecule has 0 saturated carbocycles. The number of methoxy groups -OCH3 is 1. The van der Waals surface area contributed by atoms with Crippen LogP contribution in [0.4, 0.5) is 4.79 Å². The number of esters is 1. The Kier molecular flexibility index (Phi) is 10.1. The van der Waals surface area contributed by atoms with Crippen molar-refractivity contribution in [2.24, 2.45) is 0 Å². The van der Waals surface area contributed by atoms with Gasteiger partial charge in [-0.2, -0.15) is 0 Å². The lowest BCUT2D eigenvalue weighted by Crippen LogP contribution is -2.44. The van der Waals surface area contributed by atoms with Crippen LogP contribution in [0.2, 0.25) is 0 Å². The molecular weight excluding hydrogens is 458 g/mol. The number of hydrogen-bond acceptors (Lipinski definition) is 6. The predicted molar refractivity (Wildman–Crippen MR) is 136 cm³/mol. The Hall–Kier alpha value is -4.10. The van der Waals surface area contributed by atoms with Gasteiger partial charge in [-0.25, -0.2) is 4.79 Å². The molecule has 188 valence electrons. The van der Waals surface area contributed by atoms with Gasteiger partial charge in [0, 0.05) is 6.92 Å². The number of hydrogen-bond donors (Lipinski definition) is 1. The lowest BCUT2D eigenvalue weighted by molar-refractivity contribution is -0.153. The molecule has 0 aromatic heterocycles. The number of carbonyl (C=O) groups is 2. The Morgan fingerprint density at radius 2 is 1.47 bits per heavy atom. The Balaban J connectivity index is 1.89. The quantitative estimate of drug-likeness (QED) is 0.272. The molecule has 0 radical (unpaired) electrons. The number of benzene rings is 3. The number of alkyl carbamates (subject to hydrolysis) is 1. The lowest BCUT2D eigenvalue weighted by Gasteiger charge is -2.32. The van der Waals surface area contributed by atoms with Crippen LogP contribution in [-0.4, -0.2) is 31.4 Å². The molecule has 0 saturated heterocycles. The van der Waals surface area contributed by atoms with Crippen LogP contribution in [-0.2, 0) is 32.2 Å². The molecule has 0 spiro atoms. The van der Waals surface area contributed by atoms with Gasteiger partial charge in [0.05, 0.1) is 19.8 Å². The number of rotatable bonds is 12. The molecule has 3 atom stereocenters. The summed E-state index contributed by atoms with van der Waals surface area (Å²) in [5.74, 6) is 0.166. The summed E-state index contributed by atoms with van der Waals surface area (Å²) in [5.41, 5.74) is 2.49. The largest absolute Gasteiger partial charge is 0.497 e. The molecule has 1 amide bonds. The van der Waals surface area contributed by atoms with E-state index < -0.39 is 30.3 Å². The topological polar surface area (TPSA) is 83.1 Å². The van der Waals surface area contributed by atoms with Crippen LogP contribution in [0.5, 0.6) is 5.75 Å². The average Bonchev–Trinajstić information content (AvgIpc) is 2.91. The minimum Gasteiger partial charge on any atom is -0.497 e. The molecule has 3 aromatic rings. The molecule has 3 aromatic carbocycles. The Morgan fingerprint density at radius 3 is 2.00 bits per heavy atom. The maximum atomic E-state index is 12.9. The fraction of sp³-hybridized carbons (Fsp3) is 0.241. The second-order valence-electron chi connectivity index (χ2n) is 8.03. The SMILES string of the molecule is C=C[C@@H](OC(C)=O)[C@H](OCc1ccccc1)[C@H](NC(=O)OCc1ccccc1)c1ccc(OC)cc1. The van der Waals surface area contributed by atoms with Crippen LogP contribution in [0.15, 0.2) is 97.6 Å². The van der Waals surface area contributed by atoms with Gasteiger partial charge in [-0.05, 0) is 34.9 Å². The molecule has 0 aliphatic rings. The molecule has 0 aliphatic heterocycles. The highest BCUT2D eigenvalue weighted by Gasteiger charge is 2.34. The summed E-state index contributed by atoms with van der Waals surface area (Å²) < 4.78 is 22.5. The van der Waals surface area contributed by atoms with Crippen LogP contribution in [0.1, 0.15) is 29.7 Å². The smallest absolute Gasteiger partial charge is 0.408 e. The number of amides is 1. The maximum absolute atomic E-state index is 12.9. The van der Waals surface area contributed by atoms with Crippen molar-refractivity contribution >= 4 is 12.1 Å². The lowest BCUT2D eigenvalue weighted by atomic mass is 9.96. The maximum Gasteiger partial charge on any atom is 0.408 e. The summed E-state index contributed by atoms with van der Waals surface area (Å²) in [5, 5.41) is 2.90. The summed E-state index contributed by atoms with van der Waals surface area (Å²) in [6.45, 7) is 5.47. The van der Waals surface area contributed by atoms with Gasteiger partial charge in [-0.3, -0.25) is 4.79 Å². The highest BCUT2D eigenvalue weighted by Crippen LogP contribution is 2.27. The van der Waals surface area contributed by atoms with Crippen molar-refractivity contribution < 1.29 is 28.5 Å². The third kappa shape index (κ3) is 7.99. The molecule has 0 unspecified atom stereocenters. The number of ether oxygens (including phenoxy) is 4. The second-order valence-corrected chi connectivity index (χ2v) is 8.03. The highest BCUT2D eigenvalue weighted by molar-refractivity contribution is 5.68. The van der Waals surface area contributed by atoms with Gasteiger partial charge in [0.25, 0.3) is 0 Å². The van der Waals surface area contributed by atoms with E-state index in [0.29, 0.717) is 11.3 Å². The van der Waals surface area contributed by atoms with E-state index in [0.717, 1.165) is 11.1 Å². The molecule has 36 heavy (non-hydrogen) atoms. The van der Waals surface area contributed by atoms with Crippen molar-refractivity contribution in [2.75, 3.05) is 7.11 Å². The van der Waals surface area contributed by atoms with E-state index in [1.165, 1.54) is 13.0 Å². The van der Waals surface area contributed by atoms with Crippen molar-refractivity contribution in [3.05, 3.63) is 114 Å². The van der Waals surface area contributed by atoms with Crippen molar-refractivity contribution in [3.63, 3.8) is 0 Å². The molecule has 7 heteroatoms. The summed E-state index contributed by atoms with van der Waals surface area (Å²) >= 11 is 0. The van der Waals surface area contributed by atoms with E-state index in [-0.39, 0.29) is 13.2 Å². The first-order valence-corrected chi connectivity index (χ1v) is 11.6. The monoisotopic (exact) mass is 489 g/mol. The number of carbonyl (C=O) groups excluding carboxylic acids is 2. The first kappa shape index (κ1) is 26.5. The average molecular weight is 490 g/mol. The molecule has 0 heterocycles. The van der Waals surface area contributed by atoms with E-state index in [1.807, 2.05) is 72.8 Å². The van der Waals surface area contributed by atoms with Crippen molar-refractivity contribution in [2.45, 2.75) is 38.4 Å². The Bertz CT molecular complexity index is 1100. The van der Waals surface area contributed by atoms with Crippen molar-refractivity contribution in [3.8, 4) is 5.75 Å². The van der Waals surface area contributed by atoms with E-state index in [4.69, 9.17) is 18.9 Å². The number of nitrogens with one attached hydrogen (secondary N) is 1. The van der Waals surface area contributed by atoms with Gasteiger partial charge in [-0.15, -0.1) is 0 Å². The second kappa shape index (κ2) is 13.7. The first-order chi connectivity index (χ1) is 17.5. The minimum absolute atomic E-state index is 0.104. The van der Waals surface area contributed by atoms with Crippen molar-refractivity contribution in [1.82, 2.24) is 5.32 Å². The molecule has 7 nitrogen and oxygen atoms in total. The van der Waals surface area contributed by atoms with E-state index in [1.54, 1.807) is 19.2 Å². The highest BCUT2D eigenvalue weighted by atomic mass is 16.6. The summed E-state index contributed by atoms with van der Waals surface area (Å²) in [6.07, 6.45) is -0.791. The minimum atomic E-state index is -0.840. The zero-order chi connectivity index (χ0) is 25.8. The van der Waals surface area contributed by atoms with Gasteiger partial charge in [0.1, 0.15) is 24.6 Å². The summed E-state index contributed by atoms with van der Waals surface area (Å²) in [7, 11) is 1.58. The van der Waals surface area contributed by atoms with E-state index in [2.05, 4.69) is 11.9 Å². The molecular formula is C29H31NO6. The van der Waals surface area contributed by atoms with Crippen LogP contribution in [0.3, 0.4) is 0 Å². The molecule has 1 N–H and O–H groups in total. The van der Waals surface area contributed by atoms with E-state index >= 15 is 0 Å². The van der Waals surface area contributed by atoms with Gasteiger partial charge < -0.3 is 24.3 Å². The van der Waals surface area contributed by atoms with Crippen LogP contribution < -0.4 is 10.1 Å². The van der Waals surface area contributed by atoms with E-state index in [9.17, 15) is 9.59 Å². The van der Waals surface area contributed by atoms with Crippen molar-refractivity contribution in [1.29, 1.82) is 0 Å². The normalized spacial score (nSPS) is 13.1. The fourth-order valence-corrected chi connectivity index (χ4v) is 3.65.